The summed E-state index contributed by atoms with van der Waals surface area (Å²) in [7, 11) is 0. The van der Waals surface area contributed by atoms with E-state index in [1.54, 1.807) is 0 Å². The van der Waals surface area contributed by atoms with E-state index in [2.05, 4.69) is 74.3 Å². The highest BCUT2D eigenvalue weighted by Gasteiger charge is 2.32. The normalized spacial score (nSPS) is 17.7. The lowest BCUT2D eigenvalue weighted by Crippen LogP contribution is -2.39. The van der Waals surface area contributed by atoms with Gasteiger partial charge in [-0.3, -0.25) is 9.36 Å². The Hall–Kier alpha value is -3.23. The summed E-state index contributed by atoms with van der Waals surface area (Å²) < 4.78 is 10.6. The van der Waals surface area contributed by atoms with Gasteiger partial charge >= 0.3 is 0 Å². The number of hydrogen-bond acceptors (Lipinski definition) is 4. The van der Waals surface area contributed by atoms with E-state index >= 15 is 0 Å². The van der Waals surface area contributed by atoms with Crippen molar-refractivity contribution in [1.82, 2.24) is 4.57 Å². The lowest BCUT2D eigenvalue weighted by molar-refractivity contribution is 0.553. The van der Waals surface area contributed by atoms with Crippen LogP contribution in [0.5, 0.6) is 0 Å². The Morgan fingerprint density at radius 3 is 2.33 bits per heavy atom. The molecule has 1 unspecified atom stereocenters. The van der Waals surface area contributed by atoms with Crippen LogP contribution in [0.1, 0.15) is 42.2 Å². The molecule has 1 atom stereocenters. The van der Waals surface area contributed by atoms with Crippen molar-refractivity contribution in [3.05, 3.63) is 152 Å². The van der Waals surface area contributed by atoms with Crippen LogP contribution in [-0.2, 0) is 0 Å². The molecule has 7 rings (SSSR count). The minimum Gasteiger partial charge on any atom is -0.457 e. The van der Waals surface area contributed by atoms with Gasteiger partial charge in [0, 0.05) is 25.6 Å². The monoisotopic (exact) mass is 716 g/mol. The molecule has 0 fully saturated rings. The van der Waals surface area contributed by atoms with Crippen LogP contribution in [0.3, 0.4) is 0 Å². The summed E-state index contributed by atoms with van der Waals surface area (Å²) in [5.41, 5.74) is 6.47. The summed E-state index contributed by atoms with van der Waals surface area (Å²) in [5, 5.41) is 0.671. The molecule has 5 aromatic rings. The molecule has 0 radical (unpaired) electrons. The summed E-state index contributed by atoms with van der Waals surface area (Å²) in [6.07, 6.45) is 6.90. The van der Waals surface area contributed by atoms with Crippen molar-refractivity contribution in [2.24, 2.45) is 4.99 Å². The zero-order valence-corrected chi connectivity index (χ0v) is 26.9. The van der Waals surface area contributed by atoms with Gasteiger partial charge in [0.1, 0.15) is 11.5 Å². The quantitative estimate of drug-likeness (QED) is 0.186. The predicted molar refractivity (Wildman–Crippen MR) is 177 cm³/mol. The molecule has 3 heterocycles. The maximum absolute atomic E-state index is 14.0. The highest BCUT2D eigenvalue weighted by atomic mass is 79.9. The standard InChI is InChI=1S/C34H23Br2ClN2O2S/c35-24-10-4-20(5-11-24)18-23-2-1-3-28-31(23)38-34-39(32(28)22-6-12-25(36)13-7-22)33(40)30(42-34)19-27-16-17-29(41-27)21-8-14-26(37)15-9-21/h4-19,32H,1-3H2/b23-18+,30-19+. The first kappa shape index (κ1) is 27.6. The summed E-state index contributed by atoms with van der Waals surface area (Å²) in [6.45, 7) is 0. The fraction of sp³-hybridized carbons (Fsp3) is 0.118. The van der Waals surface area contributed by atoms with Crippen molar-refractivity contribution in [3.8, 4) is 11.3 Å². The van der Waals surface area contributed by atoms with Crippen LogP contribution in [0.2, 0.25) is 5.02 Å². The number of rotatable bonds is 4. The van der Waals surface area contributed by atoms with Crippen LogP contribution in [0.4, 0.5) is 0 Å². The fourth-order valence-electron chi connectivity index (χ4n) is 5.59. The zero-order valence-electron chi connectivity index (χ0n) is 22.2. The van der Waals surface area contributed by atoms with Gasteiger partial charge in [-0.2, -0.15) is 0 Å². The number of halogens is 3. The van der Waals surface area contributed by atoms with Gasteiger partial charge < -0.3 is 4.42 Å². The van der Waals surface area contributed by atoms with Crippen molar-refractivity contribution < 1.29 is 4.42 Å². The van der Waals surface area contributed by atoms with E-state index in [-0.39, 0.29) is 11.6 Å². The molecule has 2 aliphatic rings. The van der Waals surface area contributed by atoms with E-state index in [4.69, 9.17) is 21.0 Å². The second-order valence-electron chi connectivity index (χ2n) is 10.3. The second-order valence-corrected chi connectivity index (χ2v) is 13.6. The largest absolute Gasteiger partial charge is 0.457 e. The average Bonchev–Trinajstić information content (AvgIpc) is 3.58. The van der Waals surface area contributed by atoms with Gasteiger partial charge in [0.15, 0.2) is 4.80 Å². The number of benzene rings is 3. The number of thiazole rings is 1. The highest BCUT2D eigenvalue weighted by molar-refractivity contribution is 9.10. The van der Waals surface area contributed by atoms with Gasteiger partial charge in [0.25, 0.3) is 5.56 Å². The number of furan rings is 1. The Morgan fingerprint density at radius 1 is 0.881 bits per heavy atom. The molecule has 1 aliphatic heterocycles. The van der Waals surface area contributed by atoms with Gasteiger partial charge in [-0.25, -0.2) is 4.99 Å². The first-order valence-electron chi connectivity index (χ1n) is 13.6. The number of hydrogen-bond donors (Lipinski definition) is 0. The molecule has 1 aliphatic carbocycles. The molecule has 0 spiro atoms. The molecule has 42 heavy (non-hydrogen) atoms. The predicted octanol–water partition coefficient (Wildman–Crippen LogP) is 8.92. The average molecular weight is 719 g/mol. The molecule has 0 bridgehead atoms. The third kappa shape index (κ3) is 5.35. The van der Waals surface area contributed by atoms with E-state index in [0.29, 0.717) is 20.1 Å². The Kier molecular flexibility index (Phi) is 7.53. The number of nitrogens with zero attached hydrogens (tertiary/aromatic N) is 2. The summed E-state index contributed by atoms with van der Waals surface area (Å²) in [5.74, 6) is 1.33. The highest BCUT2D eigenvalue weighted by Crippen LogP contribution is 2.41. The Balaban J connectivity index is 1.37. The van der Waals surface area contributed by atoms with Crippen molar-refractivity contribution >= 4 is 66.9 Å². The molecule has 8 heteroatoms. The summed E-state index contributed by atoms with van der Waals surface area (Å²) in [4.78, 5) is 19.9. The third-order valence-corrected chi connectivity index (χ3v) is 9.85. The minimum absolute atomic E-state index is 0.0633. The Bertz CT molecular complexity index is 2050. The third-order valence-electron chi connectivity index (χ3n) is 7.56. The second kappa shape index (κ2) is 11.5. The van der Waals surface area contributed by atoms with E-state index in [0.717, 1.165) is 56.4 Å². The zero-order chi connectivity index (χ0) is 28.8. The maximum atomic E-state index is 14.0. The van der Waals surface area contributed by atoms with Gasteiger partial charge in [-0.05, 0) is 108 Å². The van der Waals surface area contributed by atoms with Gasteiger partial charge in [-0.15, -0.1) is 0 Å². The minimum atomic E-state index is -0.221. The molecule has 0 N–H and O–H groups in total. The van der Waals surface area contributed by atoms with E-state index in [1.165, 1.54) is 22.5 Å². The smallest absolute Gasteiger partial charge is 0.271 e. The van der Waals surface area contributed by atoms with E-state index < -0.39 is 0 Å². The van der Waals surface area contributed by atoms with Crippen LogP contribution in [0.15, 0.2) is 125 Å². The van der Waals surface area contributed by atoms with Crippen molar-refractivity contribution in [3.63, 3.8) is 0 Å². The molecular weight excluding hydrogens is 696 g/mol. The summed E-state index contributed by atoms with van der Waals surface area (Å²) in [6, 6.07) is 27.7. The Morgan fingerprint density at radius 2 is 1.60 bits per heavy atom. The molecule has 2 aromatic heterocycles. The molecule has 0 saturated carbocycles. The first-order chi connectivity index (χ1) is 20.4. The van der Waals surface area contributed by atoms with Gasteiger partial charge in [0.05, 0.1) is 16.3 Å². The van der Waals surface area contributed by atoms with Crippen LogP contribution in [0, 0.1) is 0 Å². The van der Waals surface area contributed by atoms with Crippen molar-refractivity contribution in [2.45, 2.75) is 25.3 Å². The molecule has 0 amide bonds. The lowest BCUT2D eigenvalue weighted by Gasteiger charge is -2.31. The molecule has 4 nitrogen and oxygen atoms in total. The van der Waals surface area contributed by atoms with Crippen molar-refractivity contribution in [1.29, 1.82) is 0 Å². The van der Waals surface area contributed by atoms with Crippen LogP contribution >= 0.6 is 54.8 Å². The molecule has 3 aromatic carbocycles. The van der Waals surface area contributed by atoms with Crippen molar-refractivity contribution in [2.75, 3.05) is 0 Å². The molecule has 0 saturated heterocycles. The molecular formula is C34H23Br2ClN2O2S. The first-order valence-corrected chi connectivity index (χ1v) is 16.3. The topological polar surface area (TPSA) is 47.5 Å². The van der Waals surface area contributed by atoms with Gasteiger partial charge in [-0.1, -0.05) is 79.1 Å². The van der Waals surface area contributed by atoms with Gasteiger partial charge in [0.2, 0.25) is 0 Å². The van der Waals surface area contributed by atoms with E-state index in [1.807, 2.05) is 59.2 Å². The van der Waals surface area contributed by atoms with Crippen LogP contribution in [-0.4, -0.2) is 4.57 Å². The maximum Gasteiger partial charge on any atom is 0.271 e. The number of allylic oxidation sites excluding steroid dienone is 2. The Labute approximate surface area is 268 Å². The SMILES string of the molecule is O=c1/c(=C\c2ccc(-c3ccc(Cl)cc3)o2)sc2n1C(c1ccc(Br)cc1)C1=C(N=2)/C(=C/c2ccc(Br)cc2)CCC1. The number of fused-ring (bicyclic) bond motifs is 1. The summed E-state index contributed by atoms with van der Waals surface area (Å²) >= 11 is 14.6. The fourth-order valence-corrected chi connectivity index (χ4v) is 7.23. The van der Waals surface area contributed by atoms with E-state index in [9.17, 15) is 4.79 Å². The number of aromatic nitrogens is 1. The van der Waals surface area contributed by atoms with Crippen LogP contribution < -0.4 is 14.9 Å². The molecule has 208 valence electrons. The van der Waals surface area contributed by atoms with Crippen LogP contribution in [0.25, 0.3) is 23.5 Å². The lowest BCUT2D eigenvalue weighted by atomic mass is 9.84.